The summed E-state index contributed by atoms with van der Waals surface area (Å²) in [7, 11) is 0. The summed E-state index contributed by atoms with van der Waals surface area (Å²) in [6.45, 7) is 0. The molecule has 1 aliphatic carbocycles. The first-order valence-electron chi connectivity index (χ1n) is 7.55. The lowest BCUT2D eigenvalue weighted by molar-refractivity contribution is -0.160. The third-order valence-corrected chi connectivity index (χ3v) is 4.26. The fraction of sp³-hybridized carbons (Fsp3) is 0.100. The van der Waals surface area contributed by atoms with E-state index in [-0.39, 0.29) is 6.42 Å². The molecule has 2 aromatic rings. The second-order valence-corrected chi connectivity index (χ2v) is 5.73. The number of hydrogen-bond acceptors (Lipinski definition) is 2. The summed E-state index contributed by atoms with van der Waals surface area (Å²) in [5, 5.41) is 18.5. The number of carboxylic acid groups (broad SMARTS) is 2. The number of benzene rings is 2. The van der Waals surface area contributed by atoms with Crippen molar-refractivity contribution in [3.63, 3.8) is 0 Å². The van der Waals surface area contributed by atoms with E-state index in [4.69, 9.17) is 0 Å². The van der Waals surface area contributed by atoms with Crippen LogP contribution in [-0.4, -0.2) is 22.2 Å². The largest absolute Gasteiger partial charge is 0.480 e. The molecule has 1 aliphatic rings. The Morgan fingerprint density at radius 2 is 1.46 bits per heavy atom. The molecule has 4 nitrogen and oxygen atoms in total. The summed E-state index contributed by atoms with van der Waals surface area (Å²) in [4.78, 5) is 22.7. The topological polar surface area (TPSA) is 74.6 Å². The van der Waals surface area contributed by atoms with Crippen molar-refractivity contribution in [3.8, 4) is 11.1 Å². The molecule has 0 radical (unpaired) electrons. The number of carbonyl (C=O) groups is 2. The van der Waals surface area contributed by atoms with Crippen molar-refractivity contribution >= 4 is 17.5 Å². The van der Waals surface area contributed by atoms with Crippen molar-refractivity contribution in [1.82, 2.24) is 0 Å². The zero-order chi connectivity index (χ0) is 17.2. The lowest BCUT2D eigenvalue weighted by atomic mass is 9.79. The first-order valence-corrected chi connectivity index (χ1v) is 7.55. The number of carboxylic acids is 2. The van der Waals surface area contributed by atoms with E-state index in [0.717, 1.165) is 22.3 Å². The predicted octanol–water partition coefficient (Wildman–Crippen LogP) is 3.85. The zero-order valence-electron chi connectivity index (χ0n) is 12.8. The van der Waals surface area contributed by atoms with Gasteiger partial charge in [-0.05, 0) is 34.8 Å². The maximum Gasteiger partial charge on any atom is 0.325 e. The van der Waals surface area contributed by atoms with Crippen molar-refractivity contribution in [2.45, 2.75) is 6.42 Å². The molecule has 0 bridgehead atoms. The Hall–Kier alpha value is -3.14. The molecular weight excluding hydrogens is 304 g/mol. The van der Waals surface area contributed by atoms with Crippen molar-refractivity contribution in [1.29, 1.82) is 0 Å². The van der Waals surface area contributed by atoms with Gasteiger partial charge in [-0.2, -0.15) is 0 Å². The predicted molar refractivity (Wildman–Crippen MR) is 91.3 cm³/mol. The van der Waals surface area contributed by atoms with Crippen molar-refractivity contribution in [3.05, 3.63) is 78.4 Å². The highest BCUT2D eigenvalue weighted by molar-refractivity contribution is 6.02. The SMILES string of the molecule is O=C(O)C1(C(=O)O)C=CC(c2cccc(-c3ccccc3)c2)=CC1. The third-order valence-electron chi connectivity index (χ3n) is 4.26. The van der Waals surface area contributed by atoms with Gasteiger partial charge in [0, 0.05) is 0 Å². The Labute approximate surface area is 139 Å². The number of allylic oxidation sites excluding steroid dienone is 3. The van der Waals surface area contributed by atoms with E-state index in [0.29, 0.717) is 0 Å². The molecule has 0 heterocycles. The molecule has 0 unspecified atom stereocenters. The Kier molecular flexibility index (Phi) is 4.04. The molecule has 0 aromatic heterocycles. The molecule has 0 atom stereocenters. The lowest BCUT2D eigenvalue weighted by Crippen LogP contribution is -2.38. The minimum Gasteiger partial charge on any atom is -0.480 e. The molecule has 120 valence electrons. The van der Waals surface area contributed by atoms with E-state index in [1.165, 1.54) is 6.08 Å². The monoisotopic (exact) mass is 320 g/mol. The molecule has 0 saturated heterocycles. The van der Waals surface area contributed by atoms with Gasteiger partial charge < -0.3 is 10.2 Å². The van der Waals surface area contributed by atoms with Crippen LogP contribution in [-0.2, 0) is 9.59 Å². The standard InChI is InChI=1S/C20H16O4/c21-18(22)20(19(23)24)11-9-15(10-12-20)17-8-4-7-16(13-17)14-5-2-1-3-6-14/h1-11,13H,12H2,(H,21,22)(H,23,24). The van der Waals surface area contributed by atoms with Gasteiger partial charge in [0.05, 0.1) is 0 Å². The smallest absolute Gasteiger partial charge is 0.325 e. The normalized spacial score (nSPS) is 15.6. The number of hydrogen-bond donors (Lipinski definition) is 2. The van der Waals surface area contributed by atoms with Crippen LogP contribution in [0.4, 0.5) is 0 Å². The lowest BCUT2D eigenvalue weighted by Gasteiger charge is -2.23. The molecular formula is C20H16O4. The molecule has 0 amide bonds. The van der Waals surface area contributed by atoms with E-state index in [1.54, 1.807) is 12.2 Å². The molecule has 0 spiro atoms. The van der Waals surface area contributed by atoms with Crippen LogP contribution in [0.1, 0.15) is 12.0 Å². The van der Waals surface area contributed by atoms with Gasteiger partial charge in [-0.15, -0.1) is 0 Å². The van der Waals surface area contributed by atoms with Crippen LogP contribution in [0.15, 0.2) is 72.8 Å². The van der Waals surface area contributed by atoms with Gasteiger partial charge in [-0.1, -0.05) is 66.8 Å². The molecule has 0 aliphatic heterocycles. The molecule has 0 saturated carbocycles. The van der Waals surface area contributed by atoms with Gasteiger partial charge >= 0.3 is 11.9 Å². The zero-order valence-corrected chi connectivity index (χ0v) is 12.8. The van der Waals surface area contributed by atoms with E-state index in [2.05, 4.69) is 0 Å². The number of aliphatic carboxylic acids is 2. The van der Waals surface area contributed by atoms with Crippen LogP contribution in [0.5, 0.6) is 0 Å². The maximum atomic E-state index is 11.3. The van der Waals surface area contributed by atoms with Gasteiger partial charge in [-0.25, -0.2) is 0 Å². The first kappa shape index (κ1) is 15.7. The van der Waals surface area contributed by atoms with E-state index in [9.17, 15) is 19.8 Å². The quantitative estimate of drug-likeness (QED) is 0.839. The van der Waals surface area contributed by atoms with Crippen LogP contribution >= 0.6 is 0 Å². The Morgan fingerprint density at radius 1 is 0.833 bits per heavy atom. The summed E-state index contributed by atoms with van der Waals surface area (Å²) in [5.74, 6) is -2.70. The molecule has 4 heteroatoms. The van der Waals surface area contributed by atoms with Crippen LogP contribution in [0.2, 0.25) is 0 Å². The van der Waals surface area contributed by atoms with E-state index < -0.39 is 17.4 Å². The minimum absolute atomic E-state index is 0.0704. The Balaban J connectivity index is 1.92. The highest BCUT2D eigenvalue weighted by Gasteiger charge is 2.44. The average molecular weight is 320 g/mol. The van der Waals surface area contributed by atoms with Gasteiger partial charge in [0.2, 0.25) is 0 Å². The van der Waals surface area contributed by atoms with Gasteiger partial charge in [-0.3, -0.25) is 9.59 Å². The average Bonchev–Trinajstić information content (AvgIpc) is 2.62. The summed E-state index contributed by atoms with van der Waals surface area (Å²) < 4.78 is 0. The van der Waals surface area contributed by atoms with Crippen LogP contribution < -0.4 is 0 Å². The van der Waals surface area contributed by atoms with Crippen LogP contribution in [0, 0.1) is 5.41 Å². The summed E-state index contributed by atoms with van der Waals surface area (Å²) >= 11 is 0. The fourth-order valence-electron chi connectivity index (χ4n) is 2.77. The van der Waals surface area contributed by atoms with Crippen molar-refractivity contribution in [2.24, 2.45) is 5.41 Å². The number of rotatable bonds is 4. The first-order chi connectivity index (χ1) is 11.5. The van der Waals surface area contributed by atoms with Crippen LogP contribution in [0.3, 0.4) is 0 Å². The molecule has 2 N–H and O–H groups in total. The minimum atomic E-state index is -1.87. The Bertz CT molecular complexity index is 833. The highest BCUT2D eigenvalue weighted by Crippen LogP contribution is 2.34. The summed E-state index contributed by atoms with van der Waals surface area (Å²) in [6.07, 6.45) is 4.45. The van der Waals surface area contributed by atoms with Gasteiger partial charge in [0.25, 0.3) is 0 Å². The second kappa shape index (κ2) is 6.16. The summed E-state index contributed by atoms with van der Waals surface area (Å²) in [5.41, 5.74) is 2.02. The fourth-order valence-corrected chi connectivity index (χ4v) is 2.77. The highest BCUT2D eigenvalue weighted by atomic mass is 16.4. The second-order valence-electron chi connectivity index (χ2n) is 5.73. The van der Waals surface area contributed by atoms with Gasteiger partial charge in [0.15, 0.2) is 5.41 Å². The van der Waals surface area contributed by atoms with E-state index in [1.807, 2.05) is 54.6 Å². The molecule has 2 aromatic carbocycles. The van der Waals surface area contributed by atoms with Crippen LogP contribution in [0.25, 0.3) is 16.7 Å². The van der Waals surface area contributed by atoms with E-state index >= 15 is 0 Å². The molecule has 0 fully saturated rings. The third kappa shape index (κ3) is 2.74. The van der Waals surface area contributed by atoms with Gasteiger partial charge in [0.1, 0.15) is 0 Å². The summed E-state index contributed by atoms with van der Waals surface area (Å²) in [6, 6.07) is 17.8. The molecule has 24 heavy (non-hydrogen) atoms. The van der Waals surface area contributed by atoms with Crippen molar-refractivity contribution < 1.29 is 19.8 Å². The molecule has 3 rings (SSSR count). The van der Waals surface area contributed by atoms with Crippen molar-refractivity contribution in [2.75, 3.05) is 0 Å². The Morgan fingerprint density at radius 3 is 2.04 bits per heavy atom. The maximum absolute atomic E-state index is 11.3.